The number of rotatable bonds is 2. The average Bonchev–Trinajstić information content (AvgIpc) is 2.86. The third-order valence-electron chi connectivity index (χ3n) is 3.90. The summed E-state index contributed by atoms with van der Waals surface area (Å²) in [6.45, 7) is 0. The van der Waals surface area contributed by atoms with Crippen molar-refractivity contribution in [1.29, 1.82) is 0 Å². The lowest BCUT2D eigenvalue weighted by Gasteiger charge is -2.26. The molecule has 0 radical (unpaired) electrons. The molecule has 94 valence electrons. The maximum atomic E-state index is 4.43. The van der Waals surface area contributed by atoms with Crippen LogP contribution >= 0.6 is 0 Å². The summed E-state index contributed by atoms with van der Waals surface area (Å²) in [7, 11) is 2.04. The van der Waals surface area contributed by atoms with E-state index in [2.05, 4.69) is 45.6 Å². The lowest BCUT2D eigenvalue weighted by molar-refractivity contribution is 0.329. The van der Waals surface area contributed by atoms with Crippen molar-refractivity contribution in [3.05, 3.63) is 53.9 Å². The van der Waals surface area contributed by atoms with Gasteiger partial charge in [-0.25, -0.2) is 0 Å². The highest BCUT2D eigenvalue weighted by Gasteiger charge is 2.27. The van der Waals surface area contributed by atoms with E-state index < -0.39 is 0 Å². The van der Waals surface area contributed by atoms with Crippen LogP contribution < -0.4 is 5.32 Å². The van der Waals surface area contributed by atoms with Gasteiger partial charge in [0.1, 0.15) is 0 Å². The first-order chi connectivity index (χ1) is 8.90. The molecule has 0 spiro atoms. The second kappa shape index (κ2) is 4.94. The predicted molar refractivity (Wildman–Crippen MR) is 72.4 cm³/mol. The monoisotopic (exact) mass is 241 g/mol. The minimum Gasteiger partial charge on any atom is -0.311 e. The van der Waals surface area contributed by atoms with E-state index in [1.165, 1.54) is 30.4 Å². The van der Waals surface area contributed by atoms with Crippen LogP contribution in [0, 0.1) is 0 Å². The fourth-order valence-corrected chi connectivity index (χ4v) is 3.05. The molecular formula is C15H19N3. The number of hydrogen-bond acceptors (Lipinski definition) is 2. The number of nitrogens with one attached hydrogen (secondary N) is 1. The van der Waals surface area contributed by atoms with Gasteiger partial charge in [-0.1, -0.05) is 24.3 Å². The van der Waals surface area contributed by atoms with Gasteiger partial charge < -0.3 is 5.32 Å². The summed E-state index contributed by atoms with van der Waals surface area (Å²) in [5.41, 5.74) is 2.91. The number of nitrogens with zero attached hydrogens (tertiary/aromatic N) is 2. The van der Waals surface area contributed by atoms with Gasteiger partial charge in [-0.3, -0.25) is 4.68 Å². The van der Waals surface area contributed by atoms with E-state index in [1.54, 1.807) is 0 Å². The molecule has 3 nitrogen and oxygen atoms in total. The van der Waals surface area contributed by atoms with Crippen LogP contribution in [-0.2, 0) is 6.42 Å². The Morgan fingerprint density at radius 2 is 2.17 bits per heavy atom. The van der Waals surface area contributed by atoms with Crippen molar-refractivity contribution in [3.63, 3.8) is 0 Å². The molecule has 1 aliphatic carbocycles. The van der Waals surface area contributed by atoms with Crippen LogP contribution in [0.5, 0.6) is 0 Å². The van der Waals surface area contributed by atoms with Crippen molar-refractivity contribution in [1.82, 2.24) is 15.1 Å². The second-order valence-corrected chi connectivity index (χ2v) is 4.91. The smallest absolute Gasteiger partial charge is 0.0713 e. The highest BCUT2D eigenvalue weighted by molar-refractivity contribution is 5.32. The van der Waals surface area contributed by atoms with Crippen molar-refractivity contribution in [2.45, 2.75) is 31.3 Å². The van der Waals surface area contributed by atoms with Crippen LogP contribution in [0.4, 0.5) is 0 Å². The van der Waals surface area contributed by atoms with Gasteiger partial charge in [-0.2, -0.15) is 5.10 Å². The fraction of sp³-hybridized carbons (Fsp3) is 0.400. The zero-order valence-electron chi connectivity index (χ0n) is 10.7. The van der Waals surface area contributed by atoms with E-state index in [1.807, 2.05) is 19.3 Å². The van der Waals surface area contributed by atoms with Crippen LogP contribution in [0.15, 0.2) is 42.7 Å². The first-order valence-electron chi connectivity index (χ1n) is 6.64. The van der Waals surface area contributed by atoms with Crippen molar-refractivity contribution in [2.24, 2.45) is 0 Å². The third kappa shape index (κ3) is 1.95. The molecule has 1 heterocycles. The number of likely N-dealkylation sites (N-methyl/N-ethyl adjacent to an activating group) is 1. The Morgan fingerprint density at radius 3 is 2.94 bits per heavy atom. The minimum atomic E-state index is 0.351. The molecule has 1 aliphatic rings. The quantitative estimate of drug-likeness (QED) is 0.819. The van der Waals surface area contributed by atoms with Gasteiger partial charge in [0.2, 0.25) is 0 Å². The van der Waals surface area contributed by atoms with E-state index >= 15 is 0 Å². The largest absolute Gasteiger partial charge is 0.311 e. The number of fused-ring (bicyclic) bond motifs is 1. The average molecular weight is 241 g/mol. The van der Waals surface area contributed by atoms with Gasteiger partial charge >= 0.3 is 0 Å². The van der Waals surface area contributed by atoms with E-state index in [4.69, 9.17) is 0 Å². The van der Waals surface area contributed by atoms with Crippen molar-refractivity contribution in [2.75, 3.05) is 7.05 Å². The highest BCUT2D eigenvalue weighted by atomic mass is 15.3. The molecular weight excluding hydrogens is 222 g/mol. The lowest BCUT2D eigenvalue weighted by atomic mass is 9.96. The lowest BCUT2D eigenvalue weighted by Crippen LogP contribution is -2.27. The van der Waals surface area contributed by atoms with Crippen LogP contribution in [-0.4, -0.2) is 16.8 Å². The van der Waals surface area contributed by atoms with E-state index in [9.17, 15) is 0 Å². The summed E-state index contributed by atoms with van der Waals surface area (Å²) >= 11 is 0. The SMILES string of the molecule is CNC1c2ccccc2CCCC1n1cccn1. The molecule has 0 amide bonds. The van der Waals surface area contributed by atoms with Crippen molar-refractivity contribution < 1.29 is 0 Å². The molecule has 2 unspecified atom stereocenters. The fourth-order valence-electron chi connectivity index (χ4n) is 3.05. The van der Waals surface area contributed by atoms with Crippen LogP contribution in [0.3, 0.4) is 0 Å². The second-order valence-electron chi connectivity index (χ2n) is 4.91. The Balaban J connectivity index is 2.03. The molecule has 3 heteroatoms. The van der Waals surface area contributed by atoms with Crippen LogP contribution in [0.25, 0.3) is 0 Å². The topological polar surface area (TPSA) is 29.9 Å². The number of aryl methyl sites for hydroxylation is 1. The van der Waals surface area contributed by atoms with Crippen molar-refractivity contribution >= 4 is 0 Å². The van der Waals surface area contributed by atoms with Crippen LogP contribution in [0.2, 0.25) is 0 Å². The van der Waals surface area contributed by atoms with E-state index in [0.29, 0.717) is 12.1 Å². The molecule has 0 aliphatic heterocycles. The standard InChI is InChI=1S/C15H19N3/c1-16-15-13-8-3-2-6-12(13)7-4-9-14(15)18-11-5-10-17-18/h2-3,5-6,8,10-11,14-16H,4,7,9H2,1H3. The van der Waals surface area contributed by atoms with Gasteiger partial charge in [0.05, 0.1) is 12.1 Å². The molecule has 1 aromatic carbocycles. The molecule has 2 aromatic rings. The van der Waals surface area contributed by atoms with E-state index in [0.717, 1.165) is 0 Å². The zero-order valence-corrected chi connectivity index (χ0v) is 10.7. The first-order valence-corrected chi connectivity index (χ1v) is 6.64. The summed E-state index contributed by atoms with van der Waals surface area (Å²) in [6.07, 6.45) is 7.50. The van der Waals surface area contributed by atoms with E-state index in [-0.39, 0.29) is 0 Å². The summed E-state index contributed by atoms with van der Waals surface area (Å²) in [4.78, 5) is 0. The normalized spacial score (nSPS) is 23.4. The molecule has 0 saturated carbocycles. The Kier molecular flexibility index (Phi) is 3.15. The van der Waals surface area contributed by atoms with Crippen molar-refractivity contribution in [3.8, 4) is 0 Å². The Bertz CT molecular complexity index is 504. The maximum Gasteiger partial charge on any atom is 0.0713 e. The number of benzene rings is 1. The first kappa shape index (κ1) is 11.5. The Labute approximate surface area is 108 Å². The summed E-state index contributed by atoms with van der Waals surface area (Å²) < 4.78 is 2.10. The third-order valence-corrected chi connectivity index (χ3v) is 3.90. The van der Waals surface area contributed by atoms with Gasteiger partial charge in [0.25, 0.3) is 0 Å². The number of hydrogen-bond donors (Lipinski definition) is 1. The Hall–Kier alpha value is -1.61. The molecule has 0 saturated heterocycles. The molecule has 0 fully saturated rings. The predicted octanol–water partition coefficient (Wildman–Crippen LogP) is 2.72. The molecule has 1 aromatic heterocycles. The van der Waals surface area contributed by atoms with Gasteiger partial charge in [0.15, 0.2) is 0 Å². The van der Waals surface area contributed by atoms with Gasteiger partial charge in [-0.15, -0.1) is 0 Å². The number of aromatic nitrogens is 2. The highest BCUT2D eigenvalue weighted by Crippen LogP contribution is 2.35. The molecule has 2 atom stereocenters. The molecule has 1 N–H and O–H groups in total. The van der Waals surface area contributed by atoms with Gasteiger partial charge in [0, 0.05) is 12.4 Å². The maximum absolute atomic E-state index is 4.43. The zero-order chi connectivity index (χ0) is 12.4. The van der Waals surface area contributed by atoms with Crippen LogP contribution in [0.1, 0.15) is 36.1 Å². The molecule has 18 heavy (non-hydrogen) atoms. The Morgan fingerprint density at radius 1 is 1.28 bits per heavy atom. The van der Waals surface area contributed by atoms with Gasteiger partial charge in [-0.05, 0) is 43.5 Å². The molecule has 0 bridgehead atoms. The minimum absolute atomic E-state index is 0.351. The summed E-state index contributed by atoms with van der Waals surface area (Å²) in [5.74, 6) is 0. The summed E-state index contributed by atoms with van der Waals surface area (Å²) in [5, 5.41) is 7.91. The molecule has 3 rings (SSSR count). The summed E-state index contributed by atoms with van der Waals surface area (Å²) in [6, 6.07) is 11.5.